The number of nitrogens with zero attached hydrogens (tertiary/aromatic N) is 1. The standard InChI is InChI=1S/C11H17F2N2O14P3/c1-10(18)4-11(7(12)13,27-8(10)15-3-2-6(16)14-9(15)17)5-26-31(22,23)29-32(24,25)28-30(19,20)21/h2-3,7-8,18H,4-5H2,1H3,(H,22,23)(H,24,25)(H,14,16,17)(H2,19,20,21). The van der Waals surface area contributed by atoms with Gasteiger partial charge < -0.3 is 29.4 Å². The van der Waals surface area contributed by atoms with Gasteiger partial charge in [0.1, 0.15) is 5.60 Å². The van der Waals surface area contributed by atoms with Crippen molar-refractivity contribution in [1.29, 1.82) is 0 Å². The second-order valence-electron chi connectivity index (χ2n) is 6.75. The Hall–Kier alpha value is -1.13. The minimum Gasteiger partial charge on any atom is -0.385 e. The van der Waals surface area contributed by atoms with Crippen LogP contribution in [0.15, 0.2) is 21.9 Å². The molecule has 1 aromatic heterocycles. The number of ether oxygens (including phenoxy) is 1. The van der Waals surface area contributed by atoms with Gasteiger partial charge in [0.15, 0.2) is 11.8 Å². The zero-order valence-corrected chi connectivity index (χ0v) is 18.4. The maximum absolute atomic E-state index is 13.8. The number of hydrogen-bond acceptors (Lipinski definition) is 10. The lowest BCUT2D eigenvalue weighted by Crippen LogP contribution is -2.43. The largest absolute Gasteiger partial charge is 0.490 e. The van der Waals surface area contributed by atoms with Crippen molar-refractivity contribution in [1.82, 2.24) is 9.55 Å². The van der Waals surface area contributed by atoms with Crippen molar-refractivity contribution in [2.75, 3.05) is 6.61 Å². The van der Waals surface area contributed by atoms with Gasteiger partial charge in [-0.25, -0.2) is 27.3 Å². The third-order valence-electron chi connectivity index (χ3n) is 3.92. The van der Waals surface area contributed by atoms with Crippen LogP contribution in [0.5, 0.6) is 0 Å². The summed E-state index contributed by atoms with van der Waals surface area (Å²) in [5.74, 6) is 0. The summed E-state index contributed by atoms with van der Waals surface area (Å²) < 4.78 is 78.2. The normalized spacial score (nSPS) is 30.2. The highest BCUT2D eigenvalue weighted by Crippen LogP contribution is 2.66. The molecule has 5 atom stereocenters. The molecule has 1 aliphatic rings. The number of aromatic nitrogens is 2. The van der Waals surface area contributed by atoms with Gasteiger partial charge in [-0.2, -0.15) is 8.62 Å². The van der Waals surface area contributed by atoms with Crippen molar-refractivity contribution in [3.05, 3.63) is 33.1 Å². The smallest absolute Gasteiger partial charge is 0.385 e. The van der Waals surface area contributed by atoms with Crippen LogP contribution in [-0.2, 0) is 31.6 Å². The molecule has 21 heteroatoms. The average Bonchev–Trinajstić information content (AvgIpc) is 2.82. The summed E-state index contributed by atoms with van der Waals surface area (Å²) >= 11 is 0. The molecule has 0 radical (unpaired) electrons. The number of rotatable bonds is 9. The zero-order valence-electron chi connectivity index (χ0n) is 15.7. The summed E-state index contributed by atoms with van der Waals surface area (Å²) in [7, 11) is -17.3. The van der Waals surface area contributed by atoms with Gasteiger partial charge in [-0.3, -0.25) is 18.9 Å². The van der Waals surface area contributed by atoms with Gasteiger partial charge in [-0.15, -0.1) is 0 Å². The Balaban J connectivity index is 2.27. The minimum atomic E-state index is -5.90. The summed E-state index contributed by atoms with van der Waals surface area (Å²) in [6, 6.07) is 0.829. The van der Waals surface area contributed by atoms with Crippen molar-refractivity contribution in [3.63, 3.8) is 0 Å². The summed E-state index contributed by atoms with van der Waals surface area (Å²) in [6.07, 6.45) is -5.55. The summed E-state index contributed by atoms with van der Waals surface area (Å²) in [6.45, 7) is -0.594. The molecule has 1 aliphatic heterocycles. The van der Waals surface area contributed by atoms with Crippen molar-refractivity contribution in [2.45, 2.75) is 37.2 Å². The average molecular weight is 532 g/mol. The van der Waals surface area contributed by atoms with Crippen molar-refractivity contribution < 1.29 is 65.0 Å². The highest BCUT2D eigenvalue weighted by atomic mass is 31.3. The molecule has 32 heavy (non-hydrogen) atoms. The second kappa shape index (κ2) is 8.91. The fourth-order valence-corrected chi connectivity index (χ4v) is 5.90. The summed E-state index contributed by atoms with van der Waals surface area (Å²) in [5, 5.41) is 10.5. The monoisotopic (exact) mass is 532 g/mol. The van der Waals surface area contributed by atoms with Gasteiger partial charge >= 0.3 is 29.2 Å². The van der Waals surface area contributed by atoms with Crippen LogP contribution in [0, 0.1) is 0 Å². The molecule has 0 saturated carbocycles. The van der Waals surface area contributed by atoms with E-state index in [0.717, 1.165) is 19.2 Å². The Labute approximate surface area is 175 Å². The van der Waals surface area contributed by atoms with E-state index in [1.54, 1.807) is 0 Å². The molecule has 0 spiro atoms. The molecule has 0 aromatic carbocycles. The molecule has 16 nitrogen and oxygen atoms in total. The van der Waals surface area contributed by atoms with E-state index < -0.39 is 71.6 Å². The fraction of sp³-hybridized carbons (Fsp3) is 0.636. The number of phosphoric acid groups is 3. The van der Waals surface area contributed by atoms with E-state index in [1.807, 2.05) is 4.98 Å². The van der Waals surface area contributed by atoms with Crippen molar-refractivity contribution in [2.24, 2.45) is 0 Å². The highest BCUT2D eigenvalue weighted by Gasteiger charge is 2.60. The first-order valence-corrected chi connectivity index (χ1v) is 12.6. The molecule has 2 rings (SSSR count). The number of H-pyrrole nitrogens is 1. The lowest BCUT2D eigenvalue weighted by molar-refractivity contribution is -0.176. The minimum absolute atomic E-state index is 0.566. The molecule has 0 amide bonds. The van der Waals surface area contributed by atoms with Gasteiger partial charge in [0, 0.05) is 18.7 Å². The first kappa shape index (κ1) is 27.1. The third-order valence-corrected chi connectivity index (χ3v) is 7.71. The Morgan fingerprint density at radius 2 is 1.81 bits per heavy atom. The van der Waals surface area contributed by atoms with Crippen LogP contribution in [0.4, 0.5) is 8.78 Å². The van der Waals surface area contributed by atoms with Crippen molar-refractivity contribution >= 4 is 23.5 Å². The molecule has 5 unspecified atom stereocenters. The van der Waals surface area contributed by atoms with E-state index in [1.165, 1.54) is 0 Å². The van der Waals surface area contributed by atoms with Crippen LogP contribution in [0.1, 0.15) is 19.6 Å². The topological polar surface area (TPSA) is 244 Å². The van der Waals surface area contributed by atoms with Crippen LogP contribution in [0.25, 0.3) is 0 Å². The molecule has 2 heterocycles. The van der Waals surface area contributed by atoms with E-state index >= 15 is 0 Å². The van der Waals surface area contributed by atoms with E-state index in [0.29, 0.717) is 4.57 Å². The van der Waals surface area contributed by atoms with Crippen LogP contribution in [0.3, 0.4) is 0 Å². The number of nitrogens with one attached hydrogen (secondary N) is 1. The first-order chi connectivity index (χ1) is 14.3. The van der Waals surface area contributed by atoms with Gasteiger partial charge in [-0.05, 0) is 6.92 Å². The number of hydrogen-bond donors (Lipinski definition) is 6. The molecule has 0 bridgehead atoms. The SMILES string of the molecule is CC1(O)CC(COP(=O)(O)OP(=O)(O)OP(=O)(O)O)(C(F)F)OC1n1ccc(=O)[nH]c1=O. The van der Waals surface area contributed by atoms with Gasteiger partial charge in [-0.1, -0.05) is 0 Å². The molecule has 6 N–H and O–H groups in total. The molecule has 184 valence electrons. The highest BCUT2D eigenvalue weighted by molar-refractivity contribution is 7.66. The Morgan fingerprint density at radius 3 is 2.31 bits per heavy atom. The van der Waals surface area contributed by atoms with Gasteiger partial charge in [0.25, 0.3) is 12.0 Å². The van der Waals surface area contributed by atoms with E-state index in [4.69, 9.17) is 19.4 Å². The molecule has 1 saturated heterocycles. The lowest BCUT2D eigenvalue weighted by atomic mass is 9.92. The molecular weight excluding hydrogens is 515 g/mol. The van der Waals surface area contributed by atoms with Crippen LogP contribution >= 0.6 is 23.5 Å². The van der Waals surface area contributed by atoms with Crippen molar-refractivity contribution in [3.8, 4) is 0 Å². The van der Waals surface area contributed by atoms with Gasteiger partial charge in [0.2, 0.25) is 0 Å². The summed E-state index contributed by atoms with van der Waals surface area (Å²) in [5.41, 5.74) is -7.08. The lowest BCUT2D eigenvalue weighted by Gasteiger charge is -2.28. The molecule has 1 aromatic rings. The third kappa shape index (κ3) is 6.70. The Morgan fingerprint density at radius 1 is 1.22 bits per heavy atom. The molecular formula is C11H17F2N2O14P3. The van der Waals surface area contributed by atoms with E-state index in [9.17, 15) is 42.1 Å². The Kier molecular flexibility index (Phi) is 7.55. The molecule has 0 aliphatic carbocycles. The second-order valence-corrected chi connectivity index (χ2v) is 11.2. The van der Waals surface area contributed by atoms with Crippen LogP contribution in [-0.4, -0.2) is 58.5 Å². The number of halogens is 2. The summed E-state index contributed by atoms with van der Waals surface area (Å²) in [4.78, 5) is 60.4. The Bertz CT molecular complexity index is 1110. The number of alkyl halides is 2. The van der Waals surface area contributed by atoms with Crippen LogP contribution < -0.4 is 11.2 Å². The number of aliphatic hydroxyl groups is 1. The predicted octanol–water partition coefficient (Wildman–Crippen LogP) is -0.446. The number of phosphoric ester groups is 1. The predicted molar refractivity (Wildman–Crippen MR) is 95.2 cm³/mol. The van der Waals surface area contributed by atoms with E-state index in [-0.39, 0.29) is 0 Å². The van der Waals surface area contributed by atoms with E-state index in [2.05, 4.69) is 13.1 Å². The van der Waals surface area contributed by atoms with Crippen LogP contribution in [0.2, 0.25) is 0 Å². The quantitative estimate of drug-likeness (QED) is 0.221. The molecule has 1 fully saturated rings. The first-order valence-electron chi connectivity index (χ1n) is 8.06. The maximum atomic E-state index is 13.8. The van der Waals surface area contributed by atoms with Gasteiger partial charge in [0.05, 0.1) is 6.61 Å². The zero-order chi connectivity index (χ0) is 24.8. The number of aromatic amines is 1. The fourth-order valence-electron chi connectivity index (χ4n) is 2.82. The maximum Gasteiger partial charge on any atom is 0.490 e.